The van der Waals surface area contributed by atoms with Gasteiger partial charge in [0.2, 0.25) is 5.75 Å². The first kappa shape index (κ1) is 13.3. The van der Waals surface area contributed by atoms with Gasteiger partial charge in [0.1, 0.15) is 5.52 Å². The van der Waals surface area contributed by atoms with Gasteiger partial charge in [-0.05, 0) is 11.6 Å². The molecule has 0 amide bonds. The standard InChI is InChI=1S/C15H9ClN2O3/c16-13-10-6-7-12(18(20)21)15(19)14(10)17-8-11(13)9-4-2-1-3-5-9/h1-8,19H. The van der Waals surface area contributed by atoms with E-state index in [1.54, 1.807) is 0 Å². The maximum atomic E-state index is 10.8. The van der Waals surface area contributed by atoms with Gasteiger partial charge < -0.3 is 5.11 Å². The number of hydrogen-bond donors (Lipinski definition) is 1. The number of nitro groups is 1. The summed E-state index contributed by atoms with van der Waals surface area (Å²) in [4.78, 5) is 14.3. The summed E-state index contributed by atoms with van der Waals surface area (Å²) in [6.07, 6.45) is 1.50. The van der Waals surface area contributed by atoms with Gasteiger partial charge in [-0.2, -0.15) is 0 Å². The molecule has 1 N–H and O–H groups in total. The molecule has 1 heterocycles. The Hall–Kier alpha value is -2.66. The van der Waals surface area contributed by atoms with Gasteiger partial charge in [-0.25, -0.2) is 0 Å². The molecule has 0 aliphatic carbocycles. The maximum Gasteiger partial charge on any atom is 0.313 e. The molecule has 104 valence electrons. The van der Waals surface area contributed by atoms with Crippen LogP contribution in [0.25, 0.3) is 22.0 Å². The summed E-state index contributed by atoms with van der Waals surface area (Å²) in [5.74, 6) is -0.473. The number of fused-ring (bicyclic) bond motifs is 1. The molecule has 0 aliphatic heterocycles. The molecule has 0 unspecified atom stereocenters. The minimum absolute atomic E-state index is 0.119. The number of rotatable bonds is 2. The predicted molar refractivity (Wildman–Crippen MR) is 80.5 cm³/mol. The average Bonchev–Trinajstić information content (AvgIpc) is 2.49. The maximum absolute atomic E-state index is 10.8. The summed E-state index contributed by atoms with van der Waals surface area (Å²) in [6.45, 7) is 0. The van der Waals surface area contributed by atoms with Crippen LogP contribution in [0.1, 0.15) is 0 Å². The molecule has 1 aromatic heterocycles. The van der Waals surface area contributed by atoms with E-state index >= 15 is 0 Å². The van der Waals surface area contributed by atoms with E-state index in [-0.39, 0.29) is 5.52 Å². The lowest BCUT2D eigenvalue weighted by Crippen LogP contribution is -1.92. The van der Waals surface area contributed by atoms with Gasteiger partial charge in [0.15, 0.2) is 0 Å². The van der Waals surface area contributed by atoms with Crippen LogP contribution in [0.15, 0.2) is 48.7 Å². The molecule has 0 saturated carbocycles. The number of aromatic hydroxyl groups is 1. The summed E-state index contributed by atoms with van der Waals surface area (Å²) in [7, 11) is 0. The Morgan fingerprint density at radius 1 is 1.14 bits per heavy atom. The van der Waals surface area contributed by atoms with Crippen molar-refractivity contribution in [1.82, 2.24) is 4.98 Å². The first-order valence-corrected chi connectivity index (χ1v) is 6.47. The number of nitrogens with zero attached hydrogens (tertiary/aromatic N) is 2. The van der Waals surface area contributed by atoms with Crippen molar-refractivity contribution in [2.24, 2.45) is 0 Å². The minimum Gasteiger partial charge on any atom is -0.501 e. The topological polar surface area (TPSA) is 76.3 Å². The molecule has 2 aromatic carbocycles. The first-order valence-electron chi connectivity index (χ1n) is 6.09. The van der Waals surface area contributed by atoms with Gasteiger partial charge in [-0.1, -0.05) is 41.9 Å². The van der Waals surface area contributed by atoms with Crippen molar-refractivity contribution < 1.29 is 10.0 Å². The third kappa shape index (κ3) is 2.17. The lowest BCUT2D eigenvalue weighted by Gasteiger charge is -2.08. The zero-order chi connectivity index (χ0) is 15.0. The van der Waals surface area contributed by atoms with Crippen LogP contribution >= 0.6 is 11.6 Å². The fourth-order valence-electron chi connectivity index (χ4n) is 2.17. The number of pyridine rings is 1. The largest absolute Gasteiger partial charge is 0.501 e. The quantitative estimate of drug-likeness (QED) is 0.569. The third-order valence-corrected chi connectivity index (χ3v) is 3.61. The van der Waals surface area contributed by atoms with E-state index in [2.05, 4.69) is 4.98 Å². The first-order chi connectivity index (χ1) is 10.1. The normalized spacial score (nSPS) is 10.7. The fraction of sp³-hybridized carbons (Fsp3) is 0. The summed E-state index contributed by atoms with van der Waals surface area (Å²) in [6, 6.07) is 12.1. The molecule has 6 heteroatoms. The summed E-state index contributed by atoms with van der Waals surface area (Å²) in [5.41, 5.74) is 1.32. The van der Waals surface area contributed by atoms with Crippen LogP contribution in [0, 0.1) is 10.1 Å². The number of benzene rings is 2. The van der Waals surface area contributed by atoms with Crippen LogP contribution in [0.5, 0.6) is 5.75 Å². The SMILES string of the molecule is O=[N+]([O-])c1ccc2c(Cl)c(-c3ccccc3)cnc2c1O. The fourth-order valence-corrected chi connectivity index (χ4v) is 2.48. The molecule has 5 nitrogen and oxygen atoms in total. The van der Waals surface area contributed by atoms with Gasteiger partial charge in [0.05, 0.1) is 9.95 Å². The van der Waals surface area contributed by atoms with Crippen LogP contribution < -0.4 is 0 Å². The average molecular weight is 301 g/mol. The zero-order valence-corrected chi connectivity index (χ0v) is 11.4. The van der Waals surface area contributed by atoms with Crippen molar-refractivity contribution in [2.75, 3.05) is 0 Å². The highest BCUT2D eigenvalue weighted by Crippen LogP contribution is 2.39. The molecule has 0 aliphatic rings. The second kappa shape index (κ2) is 5.03. The third-order valence-electron chi connectivity index (χ3n) is 3.21. The van der Waals surface area contributed by atoms with Crippen molar-refractivity contribution in [3.05, 3.63) is 63.8 Å². The Morgan fingerprint density at radius 2 is 1.86 bits per heavy atom. The highest BCUT2D eigenvalue weighted by molar-refractivity contribution is 6.38. The number of nitro benzene ring substituents is 1. The van der Waals surface area contributed by atoms with E-state index in [0.717, 1.165) is 5.56 Å². The van der Waals surface area contributed by atoms with Crippen molar-refractivity contribution in [1.29, 1.82) is 0 Å². The Kier molecular flexibility index (Phi) is 3.19. The van der Waals surface area contributed by atoms with Crippen molar-refractivity contribution in [3.8, 4) is 16.9 Å². The van der Waals surface area contributed by atoms with Gasteiger partial charge >= 0.3 is 5.69 Å². The molecule has 3 aromatic rings. The number of hydrogen-bond acceptors (Lipinski definition) is 4. The van der Waals surface area contributed by atoms with Gasteiger partial charge in [-0.15, -0.1) is 0 Å². The molecular formula is C15H9ClN2O3. The Balaban J connectivity index is 2.28. The van der Waals surface area contributed by atoms with Gasteiger partial charge in [-0.3, -0.25) is 15.1 Å². The molecule has 0 fully saturated rings. The van der Waals surface area contributed by atoms with Crippen LogP contribution in [-0.2, 0) is 0 Å². The molecular weight excluding hydrogens is 292 g/mol. The Morgan fingerprint density at radius 3 is 2.52 bits per heavy atom. The molecule has 0 saturated heterocycles. The molecule has 0 spiro atoms. The van der Waals surface area contributed by atoms with Crippen molar-refractivity contribution in [2.45, 2.75) is 0 Å². The van der Waals surface area contributed by atoms with E-state index in [4.69, 9.17) is 11.6 Å². The van der Waals surface area contributed by atoms with Crippen LogP contribution in [-0.4, -0.2) is 15.0 Å². The number of aromatic nitrogens is 1. The highest BCUT2D eigenvalue weighted by atomic mass is 35.5. The van der Waals surface area contributed by atoms with E-state index in [1.807, 2.05) is 30.3 Å². The second-order valence-electron chi connectivity index (χ2n) is 4.44. The second-order valence-corrected chi connectivity index (χ2v) is 4.82. The van der Waals surface area contributed by atoms with E-state index < -0.39 is 16.4 Å². The van der Waals surface area contributed by atoms with E-state index in [1.165, 1.54) is 18.3 Å². The Labute approximate surface area is 124 Å². The van der Waals surface area contributed by atoms with Crippen molar-refractivity contribution >= 4 is 28.2 Å². The van der Waals surface area contributed by atoms with Crippen LogP contribution in [0.4, 0.5) is 5.69 Å². The lowest BCUT2D eigenvalue weighted by molar-refractivity contribution is -0.385. The molecule has 0 atom stereocenters. The monoisotopic (exact) mass is 300 g/mol. The Bertz CT molecular complexity index is 850. The summed E-state index contributed by atoms with van der Waals surface area (Å²) >= 11 is 6.36. The summed E-state index contributed by atoms with van der Waals surface area (Å²) in [5, 5.41) is 21.6. The molecule has 0 bridgehead atoms. The predicted octanol–water partition coefficient (Wildman–Crippen LogP) is 4.17. The highest BCUT2D eigenvalue weighted by Gasteiger charge is 2.19. The molecule has 3 rings (SSSR count). The number of halogens is 1. The molecule has 21 heavy (non-hydrogen) atoms. The van der Waals surface area contributed by atoms with Crippen LogP contribution in [0.3, 0.4) is 0 Å². The van der Waals surface area contributed by atoms with Crippen molar-refractivity contribution in [3.63, 3.8) is 0 Å². The number of phenolic OH excluding ortho intramolecular Hbond substituents is 1. The minimum atomic E-state index is -0.657. The number of phenols is 1. The smallest absolute Gasteiger partial charge is 0.313 e. The van der Waals surface area contributed by atoms with E-state index in [0.29, 0.717) is 16.0 Å². The van der Waals surface area contributed by atoms with Crippen LogP contribution in [0.2, 0.25) is 5.02 Å². The lowest BCUT2D eigenvalue weighted by atomic mass is 10.0. The molecule has 0 radical (unpaired) electrons. The zero-order valence-electron chi connectivity index (χ0n) is 10.7. The van der Waals surface area contributed by atoms with E-state index in [9.17, 15) is 15.2 Å². The van der Waals surface area contributed by atoms with Gasteiger partial charge in [0.25, 0.3) is 0 Å². The van der Waals surface area contributed by atoms with Gasteiger partial charge in [0, 0.05) is 23.2 Å². The summed E-state index contributed by atoms with van der Waals surface area (Å²) < 4.78 is 0.